The number of hydrogen-bond donors (Lipinski definition) is 1. The number of nitrogens with two attached hydrogens (primary N) is 1. The molecule has 0 bridgehead atoms. The third kappa shape index (κ3) is 4.51. The van der Waals surface area contributed by atoms with Crippen molar-refractivity contribution in [3.63, 3.8) is 0 Å². The Kier molecular flexibility index (Phi) is 5.94. The molecule has 0 radical (unpaired) electrons. The summed E-state index contributed by atoms with van der Waals surface area (Å²) in [5, 5.41) is 0. The molecule has 0 atom stereocenters. The van der Waals surface area contributed by atoms with E-state index in [1.807, 2.05) is 13.0 Å². The molecule has 0 saturated heterocycles. The van der Waals surface area contributed by atoms with Crippen molar-refractivity contribution in [3.05, 3.63) is 23.9 Å². The Balaban J connectivity index is 4.82. The van der Waals surface area contributed by atoms with Crippen LogP contribution >= 0.6 is 0 Å². The molecule has 0 aromatic heterocycles. The molecule has 2 N–H and O–H groups in total. The molecule has 0 aliphatic carbocycles. The van der Waals surface area contributed by atoms with Crippen molar-refractivity contribution in [2.45, 2.75) is 40.0 Å². The average molecular weight is 180 g/mol. The van der Waals surface area contributed by atoms with Gasteiger partial charge in [0.1, 0.15) is 0 Å². The fourth-order valence-corrected chi connectivity index (χ4v) is 1.22. The summed E-state index contributed by atoms with van der Waals surface area (Å²) in [6.45, 7) is 9.83. The second-order valence-corrected chi connectivity index (χ2v) is 3.03. The van der Waals surface area contributed by atoms with E-state index < -0.39 is 0 Å². The summed E-state index contributed by atoms with van der Waals surface area (Å²) in [5.74, 6) is 0.618. The van der Waals surface area contributed by atoms with Crippen LogP contribution in [0.5, 0.6) is 0 Å². The summed E-state index contributed by atoms with van der Waals surface area (Å²) in [5.41, 5.74) is 7.82. The van der Waals surface area contributed by atoms with Gasteiger partial charge in [0.15, 0.2) is 0 Å². The lowest BCUT2D eigenvalue weighted by molar-refractivity contribution is 0.890. The summed E-state index contributed by atoms with van der Waals surface area (Å²) < 4.78 is 0. The summed E-state index contributed by atoms with van der Waals surface area (Å²) in [6.07, 6.45) is 4.94. The standard InChI is InChI=1S/C11H20N2/c1-5-8-10(6-2)11(7-3)13-9(4)12/h6H,2,5,7-8H2,1,3-4H3,(H2,12,13)/b11-10+. The normalized spacial score (nSPS) is 13.9. The Bertz CT molecular complexity index is 220. The smallest absolute Gasteiger partial charge is 0.0961 e. The molecule has 0 saturated carbocycles. The van der Waals surface area contributed by atoms with Gasteiger partial charge >= 0.3 is 0 Å². The minimum atomic E-state index is 0.618. The number of amidine groups is 1. The average Bonchev–Trinajstić information content (AvgIpc) is 2.10. The minimum absolute atomic E-state index is 0.618. The molecule has 0 aliphatic heterocycles. The predicted molar refractivity (Wildman–Crippen MR) is 59.7 cm³/mol. The third-order valence-electron chi connectivity index (χ3n) is 1.78. The molecule has 0 aliphatic rings. The van der Waals surface area contributed by atoms with Gasteiger partial charge < -0.3 is 5.73 Å². The van der Waals surface area contributed by atoms with Gasteiger partial charge in [-0.1, -0.05) is 32.9 Å². The number of aliphatic imine (C=N–C) groups is 1. The summed E-state index contributed by atoms with van der Waals surface area (Å²) in [4.78, 5) is 4.29. The van der Waals surface area contributed by atoms with Gasteiger partial charge in [-0.25, -0.2) is 4.99 Å². The van der Waals surface area contributed by atoms with E-state index in [2.05, 4.69) is 25.4 Å². The first-order valence-corrected chi connectivity index (χ1v) is 4.80. The van der Waals surface area contributed by atoms with Crippen molar-refractivity contribution in [2.75, 3.05) is 0 Å². The lowest BCUT2D eigenvalue weighted by atomic mass is 10.1. The van der Waals surface area contributed by atoms with Gasteiger partial charge in [0.05, 0.1) is 5.84 Å². The molecule has 0 spiro atoms. The second kappa shape index (κ2) is 6.46. The number of hydrogen-bond acceptors (Lipinski definition) is 1. The molecule has 2 nitrogen and oxygen atoms in total. The molecule has 74 valence electrons. The quantitative estimate of drug-likeness (QED) is 0.394. The highest BCUT2D eigenvalue weighted by Crippen LogP contribution is 2.16. The van der Waals surface area contributed by atoms with E-state index in [9.17, 15) is 0 Å². The summed E-state index contributed by atoms with van der Waals surface area (Å²) >= 11 is 0. The van der Waals surface area contributed by atoms with Crippen LogP contribution in [0.2, 0.25) is 0 Å². The Morgan fingerprint density at radius 1 is 1.46 bits per heavy atom. The monoisotopic (exact) mass is 180 g/mol. The fourth-order valence-electron chi connectivity index (χ4n) is 1.22. The zero-order chi connectivity index (χ0) is 10.3. The van der Waals surface area contributed by atoms with Gasteiger partial charge in [0, 0.05) is 5.70 Å². The van der Waals surface area contributed by atoms with Crippen LogP contribution in [0.4, 0.5) is 0 Å². The van der Waals surface area contributed by atoms with Gasteiger partial charge in [-0.2, -0.15) is 0 Å². The zero-order valence-corrected chi connectivity index (χ0v) is 8.93. The second-order valence-electron chi connectivity index (χ2n) is 3.03. The van der Waals surface area contributed by atoms with E-state index in [1.165, 1.54) is 5.57 Å². The lowest BCUT2D eigenvalue weighted by Crippen LogP contribution is -2.06. The first-order valence-electron chi connectivity index (χ1n) is 4.80. The van der Waals surface area contributed by atoms with Crippen LogP contribution < -0.4 is 5.73 Å². The summed E-state index contributed by atoms with van der Waals surface area (Å²) in [7, 11) is 0. The molecule has 0 aromatic carbocycles. The van der Waals surface area contributed by atoms with E-state index in [0.29, 0.717) is 5.84 Å². The first kappa shape index (κ1) is 11.9. The zero-order valence-electron chi connectivity index (χ0n) is 8.93. The molecule has 2 heteroatoms. The van der Waals surface area contributed by atoms with Crippen LogP contribution in [-0.2, 0) is 0 Å². The number of allylic oxidation sites excluding steroid dienone is 3. The van der Waals surface area contributed by atoms with E-state index in [4.69, 9.17) is 5.73 Å². The van der Waals surface area contributed by atoms with Crippen molar-refractivity contribution in [1.29, 1.82) is 0 Å². The highest BCUT2D eigenvalue weighted by atomic mass is 14.9. The molecule has 0 heterocycles. The molecule has 0 unspecified atom stereocenters. The number of nitrogens with zero attached hydrogens (tertiary/aromatic N) is 1. The van der Waals surface area contributed by atoms with Gasteiger partial charge in [-0.3, -0.25) is 0 Å². The van der Waals surface area contributed by atoms with E-state index >= 15 is 0 Å². The van der Waals surface area contributed by atoms with Crippen LogP contribution in [0.3, 0.4) is 0 Å². The maximum absolute atomic E-state index is 5.54. The SMILES string of the molecule is C=C/C(CCC)=C(/CC)N=C(C)N. The van der Waals surface area contributed by atoms with Crippen molar-refractivity contribution >= 4 is 5.84 Å². The molecule has 0 fully saturated rings. The van der Waals surface area contributed by atoms with Crippen molar-refractivity contribution in [1.82, 2.24) is 0 Å². The van der Waals surface area contributed by atoms with Gasteiger partial charge in [0.2, 0.25) is 0 Å². The Labute approximate surface area is 81.2 Å². The van der Waals surface area contributed by atoms with Gasteiger partial charge in [-0.15, -0.1) is 0 Å². The first-order chi connectivity index (χ1) is 6.15. The maximum atomic E-state index is 5.54. The van der Waals surface area contributed by atoms with Crippen molar-refractivity contribution in [2.24, 2.45) is 10.7 Å². The highest BCUT2D eigenvalue weighted by Gasteiger charge is 1.99. The van der Waals surface area contributed by atoms with Gasteiger partial charge in [0.25, 0.3) is 0 Å². The molecule has 13 heavy (non-hydrogen) atoms. The maximum Gasteiger partial charge on any atom is 0.0961 e. The van der Waals surface area contributed by atoms with Crippen molar-refractivity contribution in [3.8, 4) is 0 Å². The van der Waals surface area contributed by atoms with Crippen LogP contribution in [0, 0.1) is 0 Å². The fraction of sp³-hybridized carbons (Fsp3) is 0.545. The van der Waals surface area contributed by atoms with Gasteiger partial charge in [-0.05, 0) is 25.3 Å². The molecule has 0 amide bonds. The molecular weight excluding hydrogens is 160 g/mol. The minimum Gasteiger partial charge on any atom is -0.387 e. The Morgan fingerprint density at radius 3 is 2.38 bits per heavy atom. The molecular formula is C11H20N2. The van der Waals surface area contributed by atoms with E-state index in [-0.39, 0.29) is 0 Å². The van der Waals surface area contributed by atoms with E-state index in [0.717, 1.165) is 25.0 Å². The van der Waals surface area contributed by atoms with E-state index in [1.54, 1.807) is 0 Å². The summed E-state index contributed by atoms with van der Waals surface area (Å²) in [6, 6.07) is 0. The van der Waals surface area contributed by atoms with Crippen LogP contribution in [0.25, 0.3) is 0 Å². The van der Waals surface area contributed by atoms with Crippen LogP contribution in [0.15, 0.2) is 28.9 Å². The molecule has 0 aromatic rings. The Hall–Kier alpha value is -1.05. The van der Waals surface area contributed by atoms with Crippen molar-refractivity contribution < 1.29 is 0 Å². The third-order valence-corrected chi connectivity index (χ3v) is 1.78. The lowest BCUT2D eigenvalue weighted by Gasteiger charge is -2.05. The van der Waals surface area contributed by atoms with Crippen LogP contribution in [0.1, 0.15) is 40.0 Å². The topological polar surface area (TPSA) is 38.4 Å². The molecule has 0 rings (SSSR count). The Morgan fingerprint density at radius 2 is 2.08 bits per heavy atom. The highest BCUT2D eigenvalue weighted by molar-refractivity contribution is 5.78. The predicted octanol–water partition coefficient (Wildman–Crippen LogP) is 3.01. The largest absolute Gasteiger partial charge is 0.387 e. The van der Waals surface area contributed by atoms with Crippen LogP contribution in [-0.4, -0.2) is 5.84 Å². The number of rotatable bonds is 5.